The maximum Gasteiger partial charge on any atom is 0.255 e. The molecule has 10 nitrogen and oxygen atoms in total. The summed E-state index contributed by atoms with van der Waals surface area (Å²) < 4.78 is 0. The van der Waals surface area contributed by atoms with Gasteiger partial charge in [0.25, 0.3) is 5.91 Å². The first-order chi connectivity index (χ1) is 21.9. The first kappa shape index (κ1) is 30.2. The van der Waals surface area contributed by atoms with Crippen LogP contribution in [0.3, 0.4) is 0 Å². The van der Waals surface area contributed by atoms with E-state index in [4.69, 9.17) is 5.73 Å². The Balaban J connectivity index is 1.38. The van der Waals surface area contributed by atoms with Gasteiger partial charge in [0.05, 0.1) is 11.6 Å². The van der Waals surface area contributed by atoms with Crippen molar-refractivity contribution in [1.29, 1.82) is 0 Å². The summed E-state index contributed by atoms with van der Waals surface area (Å²) in [5.41, 5.74) is 5.27. The summed E-state index contributed by atoms with van der Waals surface area (Å²) in [6.07, 6.45) is 2.65. The second-order valence-electron chi connectivity index (χ2n) is 13.2. The van der Waals surface area contributed by atoms with Crippen LogP contribution in [0, 0.1) is 11.8 Å². The molecule has 238 valence electrons. The summed E-state index contributed by atoms with van der Waals surface area (Å²) in [5, 5.41) is 47.7. The molecule has 0 saturated carbocycles. The SMILES string of the molecule is CN(C)C1C(O)=C(C(N)=O)C(=O)[C@@]2(O)C(O)=C3C(=O)c4c(O)ccc(-c5ccc(CN6CCCC6)c6ccccc56)c4C[C@H]3C[C@@H]12. The molecule has 1 fully saturated rings. The molecule has 3 aromatic rings. The van der Waals surface area contributed by atoms with Crippen LogP contribution in [0.2, 0.25) is 0 Å². The second kappa shape index (κ2) is 10.8. The molecule has 46 heavy (non-hydrogen) atoms. The highest BCUT2D eigenvalue weighted by Gasteiger charge is 2.63. The van der Waals surface area contributed by atoms with E-state index in [1.54, 1.807) is 25.1 Å². The maximum absolute atomic E-state index is 14.2. The van der Waals surface area contributed by atoms with Gasteiger partial charge in [0.2, 0.25) is 5.78 Å². The zero-order valence-corrected chi connectivity index (χ0v) is 25.8. The van der Waals surface area contributed by atoms with Gasteiger partial charge in [-0.05, 0) is 97.9 Å². The lowest BCUT2D eigenvalue weighted by Gasteiger charge is -2.50. The van der Waals surface area contributed by atoms with E-state index < -0.39 is 58.0 Å². The highest BCUT2D eigenvalue weighted by atomic mass is 16.3. The van der Waals surface area contributed by atoms with Crippen LogP contribution in [-0.4, -0.2) is 86.5 Å². The normalized spacial score (nSPS) is 26.5. The van der Waals surface area contributed by atoms with Crippen molar-refractivity contribution in [1.82, 2.24) is 9.80 Å². The van der Waals surface area contributed by atoms with Gasteiger partial charge in [-0.1, -0.05) is 42.5 Å². The lowest BCUT2D eigenvalue weighted by Crippen LogP contribution is -2.63. The van der Waals surface area contributed by atoms with Crippen LogP contribution in [0.25, 0.3) is 21.9 Å². The number of primary amides is 1. The highest BCUT2D eigenvalue weighted by Crippen LogP contribution is 2.53. The zero-order valence-electron chi connectivity index (χ0n) is 25.8. The molecule has 1 amide bonds. The quantitative estimate of drug-likeness (QED) is 0.268. The molecular formula is C36H37N3O7. The smallest absolute Gasteiger partial charge is 0.255 e. The molecule has 4 atom stereocenters. The van der Waals surface area contributed by atoms with E-state index in [0.717, 1.165) is 41.5 Å². The largest absolute Gasteiger partial charge is 0.510 e. The van der Waals surface area contributed by atoms with Crippen LogP contribution >= 0.6 is 0 Å². The predicted molar refractivity (Wildman–Crippen MR) is 171 cm³/mol. The van der Waals surface area contributed by atoms with Crippen molar-refractivity contribution >= 4 is 28.2 Å². The number of Topliss-reactive ketones (excluding diaryl/α,β-unsaturated/α-hetero) is 2. The van der Waals surface area contributed by atoms with Gasteiger partial charge in [0.1, 0.15) is 22.8 Å². The number of phenols is 1. The molecule has 10 heteroatoms. The fourth-order valence-electron chi connectivity index (χ4n) is 8.42. The molecule has 4 aliphatic rings. The van der Waals surface area contributed by atoms with Crippen molar-refractivity contribution < 1.29 is 34.8 Å². The molecule has 0 bridgehead atoms. The fraction of sp³-hybridized carbons (Fsp3) is 0.361. The molecule has 3 aromatic carbocycles. The average Bonchev–Trinajstić information content (AvgIpc) is 3.52. The summed E-state index contributed by atoms with van der Waals surface area (Å²) in [6, 6.07) is 14.5. The number of hydrogen-bond donors (Lipinski definition) is 5. The van der Waals surface area contributed by atoms with Crippen LogP contribution in [0.15, 0.2) is 71.2 Å². The lowest BCUT2D eigenvalue weighted by molar-refractivity contribution is -0.148. The van der Waals surface area contributed by atoms with Gasteiger partial charge in [0.15, 0.2) is 11.4 Å². The molecule has 6 N–H and O–H groups in total. The number of aliphatic hydroxyl groups is 3. The van der Waals surface area contributed by atoms with Crippen molar-refractivity contribution in [3.63, 3.8) is 0 Å². The third kappa shape index (κ3) is 4.24. The predicted octanol–water partition coefficient (Wildman–Crippen LogP) is 3.54. The highest BCUT2D eigenvalue weighted by molar-refractivity contribution is 6.25. The number of hydrogen-bond acceptors (Lipinski definition) is 9. The van der Waals surface area contributed by atoms with Crippen LogP contribution in [0.4, 0.5) is 0 Å². The van der Waals surface area contributed by atoms with Crippen molar-refractivity contribution in [2.75, 3.05) is 27.2 Å². The molecular weight excluding hydrogens is 586 g/mol. The topological polar surface area (TPSA) is 165 Å². The van der Waals surface area contributed by atoms with E-state index in [-0.39, 0.29) is 29.7 Å². The molecule has 1 heterocycles. The lowest BCUT2D eigenvalue weighted by atomic mass is 9.58. The number of aromatic hydroxyl groups is 1. The number of rotatable bonds is 5. The number of aliphatic hydroxyl groups excluding tert-OH is 2. The van der Waals surface area contributed by atoms with Gasteiger partial charge in [0, 0.05) is 18.0 Å². The van der Waals surface area contributed by atoms with Crippen molar-refractivity contribution in [2.45, 2.75) is 43.9 Å². The molecule has 0 spiro atoms. The zero-order chi connectivity index (χ0) is 32.7. The summed E-state index contributed by atoms with van der Waals surface area (Å²) >= 11 is 0. The van der Waals surface area contributed by atoms with E-state index in [1.165, 1.54) is 24.5 Å². The minimum absolute atomic E-state index is 0.00325. The Labute approximate surface area is 266 Å². The van der Waals surface area contributed by atoms with E-state index in [2.05, 4.69) is 29.2 Å². The summed E-state index contributed by atoms with van der Waals surface area (Å²) in [4.78, 5) is 44.0. The Bertz CT molecular complexity index is 1900. The first-order valence-electron chi connectivity index (χ1n) is 15.7. The third-order valence-electron chi connectivity index (χ3n) is 10.5. The number of carbonyl (C=O) groups excluding carboxylic acids is 3. The van der Waals surface area contributed by atoms with Gasteiger partial charge in [-0.2, -0.15) is 0 Å². The number of nitrogens with two attached hydrogens (primary N) is 1. The van der Waals surface area contributed by atoms with Gasteiger partial charge >= 0.3 is 0 Å². The minimum Gasteiger partial charge on any atom is -0.510 e. The number of ketones is 2. The molecule has 0 aromatic heterocycles. The number of benzene rings is 3. The molecule has 3 aliphatic carbocycles. The summed E-state index contributed by atoms with van der Waals surface area (Å²) in [7, 11) is 3.23. The van der Waals surface area contributed by atoms with E-state index >= 15 is 0 Å². The Morgan fingerprint density at radius 1 is 0.978 bits per heavy atom. The van der Waals surface area contributed by atoms with Gasteiger partial charge in [-0.15, -0.1) is 0 Å². The number of carbonyl (C=O) groups is 3. The Kier molecular flexibility index (Phi) is 7.08. The third-order valence-corrected chi connectivity index (χ3v) is 10.5. The molecule has 0 radical (unpaired) electrons. The van der Waals surface area contributed by atoms with Crippen LogP contribution < -0.4 is 5.73 Å². The Morgan fingerprint density at radius 3 is 2.33 bits per heavy atom. The van der Waals surface area contributed by atoms with Gasteiger partial charge < -0.3 is 26.2 Å². The molecule has 1 aliphatic heterocycles. The van der Waals surface area contributed by atoms with Crippen LogP contribution in [0.5, 0.6) is 5.75 Å². The van der Waals surface area contributed by atoms with Gasteiger partial charge in [-0.3, -0.25) is 24.2 Å². The number of likely N-dealkylation sites (N-methyl/N-ethyl adjacent to an activating group) is 1. The Hall–Kier alpha value is -4.51. The Morgan fingerprint density at radius 2 is 1.65 bits per heavy atom. The summed E-state index contributed by atoms with van der Waals surface area (Å²) in [5.74, 6) is -6.65. The number of amides is 1. The van der Waals surface area contributed by atoms with E-state index in [0.29, 0.717) is 5.56 Å². The van der Waals surface area contributed by atoms with Crippen LogP contribution in [-0.2, 0) is 22.6 Å². The number of phenolic OH excluding ortho intramolecular Hbond substituents is 1. The average molecular weight is 624 g/mol. The first-order valence-corrected chi connectivity index (χ1v) is 15.7. The number of nitrogens with zero attached hydrogens (tertiary/aromatic N) is 2. The molecule has 1 unspecified atom stereocenters. The van der Waals surface area contributed by atoms with E-state index in [1.807, 2.05) is 12.1 Å². The van der Waals surface area contributed by atoms with Crippen molar-refractivity contribution in [3.8, 4) is 16.9 Å². The fourth-order valence-corrected chi connectivity index (χ4v) is 8.42. The second-order valence-corrected chi connectivity index (χ2v) is 13.2. The van der Waals surface area contributed by atoms with Crippen molar-refractivity contribution in [2.24, 2.45) is 17.6 Å². The monoisotopic (exact) mass is 623 g/mol. The molecule has 1 saturated heterocycles. The van der Waals surface area contributed by atoms with E-state index in [9.17, 15) is 34.8 Å². The number of allylic oxidation sites excluding steroid dienone is 1. The maximum atomic E-state index is 14.2. The van der Waals surface area contributed by atoms with Gasteiger partial charge in [-0.25, -0.2) is 0 Å². The van der Waals surface area contributed by atoms with Crippen LogP contribution in [0.1, 0.15) is 40.7 Å². The minimum atomic E-state index is -2.67. The standard InChI is InChI=1S/C36H37N3O7/c1-38(2)30-25-16-19-15-24-23(22-10-9-18(17-39-13-5-6-14-39)20-7-3-4-8-21(20)22)11-12-26(40)28(24)31(41)27(19)33(43)36(25,46)34(44)29(32(30)42)35(37)45/h3-4,7-12,19,25,30,40,42-43,46H,5-6,13-17H2,1-2H3,(H2,37,45)/t19-,25-,30?,36-/m0/s1. The van der Waals surface area contributed by atoms with Crippen molar-refractivity contribution in [3.05, 3.63) is 87.9 Å². The molecule has 7 rings (SSSR count). The number of likely N-dealkylation sites (tertiary alicyclic amines) is 1. The number of fused-ring (bicyclic) bond motifs is 4. The summed E-state index contributed by atoms with van der Waals surface area (Å²) in [6.45, 7) is 2.99.